The van der Waals surface area contributed by atoms with Crippen LogP contribution in [0.4, 0.5) is 4.39 Å². The Balaban J connectivity index is 2.64. The van der Waals surface area contributed by atoms with E-state index in [1.165, 1.54) is 18.2 Å². The zero-order valence-electron chi connectivity index (χ0n) is 11.1. The number of carboxylic acids is 1. The number of hydrogen-bond donors (Lipinski definition) is 1. The van der Waals surface area contributed by atoms with E-state index < -0.39 is 17.8 Å². The van der Waals surface area contributed by atoms with Gasteiger partial charge in [-0.1, -0.05) is 6.07 Å². The average Bonchev–Trinajstić information content (AvgIpc) is 2.34. The highest BCUT2D eigenvalue weighted by atomic mass is 19.1. The molecule has 0 unspecified atom stereocenters. The lowest BCUT2D eigenvalue weighted by atomic mass is 10.2. The molecule has 6 heteroatoms. The van der Waals surface area contributed by atoms with Crippen LogP contribution in [0.5, 0.6) is 5.75 Å². The van der Waals surface area contributed by atoms with Gasteiger partial charge < -0.3 is 14.6 Å². The molecule has 0 amide bonds. The lowest BCUT2D eigenvalue weighted by Crippen LogP contribution is -2.19. The zero-order valence-corrected chi connectivity index (χ0v) is 11.1. The molecule has 0 saturated carbocycles. The summed E-state index contributed by atoms with van der Waals surface area (Å²) >= 11 is 0. The van der Waals surface area contributed by atoms with Crippen molar-refractivity contribution in [1.29, 1.82) is 0 Å². The van der Waals surface area contributed by atoms with Gasteiger partial charge in [0, 0.05) is 6.08 Å². The van der Waals surface area contributed by atoms with Crippen LogP contribution in [0.15, 0.2) is 24.3 Å². The highest BCUT2D eigenvalue weighted by molar-refractivity contribution is 5.85. The largest absolute Gasteiger partial charge is 0.479 e. The lowest BCUT2D eigenvalue weighted by Gasteiger charge is -2.10. The first-order chi connectivity index (χ1) is 9.38. The van der Waals surface area contributed by atoms with Crippen LogP contribution in [0.2, 0.25) is 0 Å². The molecule has 1 rings (SSSR count). The van der Waals surface area contributed by atoms with Gasteiger partial charge in [0.25, 0.3) is 0 Å². The fourth-order valence-electron chi connectivity index (χ4n) is 1.34. The Morgan fingerprint density at radius 3 is 2.65 bits per heavy atom. The van der Waals surface area contributed by atoms with Gasteiger partial charge in [0.1, 0.15) is 0 Å². The Labute approximate surface area is 115 Å². The quantitative estimate of drug-likeness (QED) is 0.640. The number of halogens is 1. The molecule has 20 heavy (non-hydrogen) atoms. The second kappa shape index (κ2) is 7.28. The molecule has 0 spiro atoms. The highest BCUT2D eigenvalue weighted by Gasteiger charge is 2.09. The van der Waals surface area contributed by atoms with E-state index in [1.54, 1.807) is 13.8 Å². The predicted octanol–water partition coefficient (Wildman–Crippen LogP) is 2.25. The van der Waals surface area contributed by atoms with Gasteiger partial charge in [-0.15, -0.1) is 0 Å². The Hall–Kier alpha value is -2.37. The summed E-state index contributed by atoms with van der Waals surface area (Å²) in [5, 5.41) is 8.46. The second-order valence-corrected chi connectivity index (χ2v) is 4.19. The first-order valence-electron chi connectivity index (χ1n) is 5.91. The number of carbonyl (C=O) groups excluding carboxylic acids is 1. The van der Waals surface area contributed by atoms with Crippen molar-refractivity contribution in [3.63, 3.8) is 0 Å². The van der Waals surface area contributed by atoms with Crippen LogP contribution in [0.3, 0.4) is 0 Å². The molecule has 0 saturated heterocycles. The van der Waals surface area contributed by atoms with Crippen molar-refractivity contribution in [3.8, 4) is 5.75 Å². The van der Waals surface area contributed by atoms with Crippen LogP contribution in [0.1, 0.15) is 19.4 Å². The Bertz CT molecular complexity index is 522. The normalized spacial score (nSPS) is 10.8. The van der Waals surface area contributed by atoms with Gasteiger partial charge in [0.2, 0.25) is 0 Å². The van der Waals surface area contributed by atoms with Gasteiger partial charge in [-0.05, 0) is 37.6 Å². The number of esters is 1. The van der Waals surface area contributed by atoms with Crippen molar-refractivity contribution in [2.24, 2.45) is 0 Å². The molecular weight excluding hydrogens is 267 g/mol. The van der Waals surface area contributed by atoms with Gasteiger partial charge in [-0.2, -0.15) is 0 Å². The van der Waals surface area contributed by atoms with Crippen LogP contribution in [0, 0.1) is 5.82 Å². The molecule has 1 N–H and O–H groups in total. The fraction of sp³-hybridized carbons (Fsp3) is 0.286. The molecule has 0 radical (unpaired) electrons. The van der Waals surface area contributed by atoms with Gasteiger partial charge in [0.05, 0.1) is 6.10 Å². The predicted molar refractivity (Wildman–Crippen MR) is 69.8 cm³/mol. The van der Waals surface area contributed by atoms with Gasteiger partial charge in [-0.25, -0.2) is 14.0 Å². The van der Waals surface area contributed by atoms with Crippen molar-refractivity contribution in [2.45, 2.75) is 20.0 Å². The molecule has 0 fully saturated rings. The highest BCUT2D eigenvalue weighted by Crippen LogP contribution is 2.19. The summed E-state index contributed by atoms with van der Waals surface area (Å²) in [6, 6.07) is 3.91. The maximum atomic E-state index is 13.6. The Kier molecular flexibility index (Phi) is 5.71. The SMILES string of the molecule is CC(C)OC(=O)COc1ccc(/C=C/C(=O)O)cc1F. The van der Waals surface area contributed by atoms with Gasteiger partial charge in [-0.3, -0.25) is 0 Å². The van der Waals surface area contributed by atoms with E-state index >= 15 is 0 Å². The minimum atomic E-state index is -1.12. The van der Waals surface area contributed by atoms with E-state index in [9.17, 15) is 14.0 Å². The Morgan fingerprint density at radius 1 is 1.40 bits per heavy atom. The molecule has 5 nitrogen and oxygen atoms in total. The van der Waals surface area contributed by atoms with Crippen molar-refractivity contribution < 1.29 is 28.6 Å². The van der Waals surface area contributed by atoms with Crippen molar-refractivity contribution in [3.05, 3.63) is 35.7 Å². The van der Waals surface area contributed by atoms with E-state index in [0.29, 0.717) is 5.56 Å². The number of carbonyl (C=O) groups is 2. The molecule has 1 aromatic carbocycles. The van der Waals surface area contributed by atoms with Crippen LogP contribution in [0.25, 0.3) is 6.08 Å². The van der Waals surface area contributed by atoms with E-state index in [4.69, 9.17) is 14.6 Å². The van der Waals surface area contributed by atoms with Crippen molar-refractivity contribution in [2.75, 3.05) is 6.61 Å². The van der Waals surface area contributed by atoms with Crippen LogP contribution >= 0.6 is 0 Å². The summed E-state index contributed by atoms with van der Waals surface area (Å²) in [6.07, 6.45) is 1.89. The van der Waals surface area contributed by atoms with Crippen LogP contribution in [-0.4, -0.2) is 29.8 Å². The van der Waals surface area contributed by atoms with E-state index in [2.05, 4.69) is 0 Å². The van der Waals surface area contributed by atoms with Gasteiger partial charge >= 0.3 is 11.9 Å². The minimum absolute atomic E-state index is 0.0989. The second-order valence-electron chi connectivity index (χ2n) is 4.19. The first-order valence-corrected chi connectivity index (χ1v) is 5.91. The van der Waals surface area contributed by atoms with Crippen LogP contribution in [-0.2, 0) is 14.3 Å². The molecule has 0 aliphatic heterocycles. The molecule has 0 aliphatic carbocycles. The molecule has 0 atom stereocenters. The number of rotatable bonds is 6. The number of carboxylic acid groups (broad SMARTS) is 1. The lowest BCUT2D eigenvalue weighted by molar-refractivity contribution is -0.149. The summed E-state index contributed by atoms with van der Waals surface area (Å²) in [6.45, 7) is 3.00. The maximum Gasteiger partial charge on any atom is 0.344 e. The maximum absolute atomic E-state index is 13.6. The number of aliphatic carboxylic acids is 1. The number of benzene rings is 1. The fourth-order valence-corrected chi connectivity index (χ4v) is 1.34. The van der Waals surface area contributed by atoms with E-state index in [0.717, 1.165) is 12.1 Å². The molecular formula is C14H15FO5. The van der Waals surface area contributed by atoms with E-state index in [1.807, 2.05) is 0 Å². The van der Waals surface area contributed by atoms with E-state index in [-0.39, 0.29) is 18.5 Å². The summed E-state index contributed by atoms with van der Waals surface area (Å²) in [5.41, 5.74) is 0.377. The third kappa shape index (κ3) is 5.51. The minimum Gasteiger partial charge on any atom is -0.479 e. The number of hydrogen-bond acceptors (Lipinski definition) is 4. The molecule has 1 aromatic rings. The molecule has 0 heterocycles. The number of ether oxygens (including phenoxy) is 2. The van der Waals surface area contributed by atoms with Crippen LogP contribution < -0.4 is 4.74 Å². The van der Waals surface area contributed by atoms with Gasteiger partial charge in [0.15, 0.2) is 18.2 Å². The standard InChI is InChI=1S/C14H15FO5/c1-9(2)20-14(18)8-19-12-5-3-10(7-11(12)15)4-6-13(16)17/h3-7,9H,8H2,1-2H3,(H,16,17)/b6-4+. The summed E-state index contributed by atoms with van der Waals surface area (Å²) in [4.78, 5) is 21.6. The van der Waals surface area contributed by atoms with Crippen molar-refractivity contribution >= 4 is 18.0 Å². The summed E-state index contributed by atoms with van der Waals surface area (Å²) < 4.78 is 23.5. The molecule has 0 bridgehead atoms. The third-order valence-electron chi connectivity index (χ3n) is 2.09. The molecule has 0 aliphatic rings. The monoisotopic (exact) mass is 282 g/mol. The van der Waals surface area contributed by atoms with Crippen molar-refractivity contribution in [1.82, 2.24) is 0 Å². The molecule has 0 aromatic heterocycles. The zero-order chi connectivity index (χ0) is 15.1. The smallest absolute Gasteiger partial charge is 0.344 e. The molecule has 108 valence electrons. The Morgan fingerprint density at radius 2 is 2.10 bits per heavy atom. The third-order valence-corrected chi connectivity index (χ3v) is 2.09. The summed E-state index contributed by atoms with van der Waals surface area (Å²) in [5.74, 6) is -2.50. The average molecular weight is 282 g/mol. The summed E-state index contributed by atoms with van der Waals surface area (Å²) in [7, 11) is 0. The topological polar surface area (TPSA) is 72.8 Å². The first kappa shape index (κ1) is 15.7.